The second-order valence-electron chi connectivity index (χ2n) is 5.76. The summed E-state index contributed by atoms with van der Waals surface area (Å²) < 4.78 is 0. The molecular weight excluding hydrogens is 366 g/mol. The van der Waals surface area contributed by atoms with Gasteiger partial charge in [0.1, 0.15) is 5.82 Å². The summed E-state index contributed by atoms with van der Waals surface area (Å²) in [4.78, 5) is 29.4. The van der Waals surface area contributed by atoms with E-state index in [4.69, 9.17) is 11.6 Å². The second-order valence-corrected chi connectivity index (χ2v) is 6.17. The molecule has 0 unspecified atom stereocenters. The molecule has 0 aliphatic heterocycles. The van der Waals surface area contributed by atoms with E-state index in [0.717, 1.165) is 11.4 Å². The largest absolute Gasteiger partial charge is 0.373 e. The molecule has 0 bridgehead atoms. The monoisotopic (exact) mass is 383 g/mol. The van der Waals surface area contributed by atoms with Crippen molar-refractivity contribution in [2.24, 2.45) is 0 Å². The smallest absolute Gasteiger partial charge is 0.259 e. The van der Waals surface area contributed by atoms with Crippen LogP contribution in [0.3, 0.4) is 0 Å². The molecule has 1 amide bonds. The van der Waals surface area contributed by atoms with Crippen molar-refractivity contribution < 1.29 is 4.79 Å². The van der Waals surface area contributed by atoms with E-state index in [-0.39, 0.29) is 11.5 Å². The molecule has 138 valence electrons. The highest BCUT2D eigenvalue weighted by Crippen LogP contribution is 2.23. The molecule has 3 rings (SSSR count). The van der Waals surface area contributed by atoms with Crippen LogP contribution in [0.25, 0.3) is 0 Å². The summed E-state index contributed by atoms with van der Waals surface area (Å²) in [6.45, 7) is 3.69. The van der Waals surface area contributed by atoms with Crippen molar-refractivity contribution in [3.63, 3.8) is 0 Å². The Kier molecular flexibility index (Phi) is 5.46. The number of hydrogen-bond acceptors (Lipinski definition) is 7. The topological polar surface area (TPSA) is 105 Å². The number of nitrogens with one attached hydrogen (secondary N) is 3. The van der Waals surface area contributed by atoms with Crippen molar-refractivity contribution >= 4 is 40.9 Å². The van der Waals surface area contributed by atoms with Gasteiger partial charge >= 0.3 is 0 Å². The Bertz CT molecular complexity index is 993. The van der Waals surface area contributed by atoms with Crippen molar-refractivity contribution in [3.8, 4) is 0 Å². The van der Waals surface area contributed by atoms with Gasteiger partial charge in [0.2, 0.25) is 11.9 Å². The second kappa shape index (κ2) is 7.96. The predicted molar refractivity (Wildman–Crippen MR) is 106 cm³/mol. The Balaban J connectivity index is 1.83. The number of anilines is 4. The van der Waals surface area contributed by atoms with Crippen LogP contribution >= 0.6 is 11.6 Å². The molecule has 2 heterocycles. The third-order valence-electron chi connectivity index (χ3n) is 3.60. The van der Waals surface area contributed by atoms with Crippen molar-refractivity contribution in [3.05, 3.63) is 58.5 Å². The van der Waals surface area contributed by atoms with Crippen LogP contribution in [0.15, 0.2) is 36.5 Å². The zero-order valence-corrected chi connectivity index (χ0v) is 15.8. The Labute approximate surface area is 161 Å². The van der Waals surface area contributed by atoms with Crippen molar-refractivity contribution in [1.29, 1.82) is 0 Å². The normalized spacial score (nSPS) is 10.4. The number of carbonyl (C=O) groups is 1. The lowest BCUT2D eigenvalue weighted by Gasteiger charge is -2.11. The van der Waals surface area contributed by atoms with Crippen LogP contribution in [0, 0.1) is 13.8 Å². The van der Waals surface area contributed by atoms with Gasteiger partial charge in [-0.15, -0.1) is 0 Å². The fraction of sp³-hybridized carbons (Fsp3) is 0.167. The van der Waals surface area contributed by atoms with Gasteiger partial charge in [0, 0.05) is 36.4 Å². The lowest BCUT2D eigenvalue weighted by atomic mass is 10.2. The van der Waals surface area contributed by atoms with Crippen LogP contribution in [0.1, 0.15) is 21.7 Å². The summed E-state index contributed by atoms with van der Waals surface area (Å²) in [7, 11) is 1.78. The highest BCUT2D eigenvalue weighted by Gasteiger charge is 2.14. The summed E-state index contributed by atoms with van der Waals surface area (Å²) in [5, 5.41) is 9.01. The van der Waals surface area contributed by atoms with E-state index in [1.807, 2.05) is 19.9 Å². The minimum atomic E-state index is -0.407. The van der Waals surface area contributed by atoms with Gasteiger partial charge in [-0.2, -0.15) is 4.98 Å². The average molecular weight is 384 g/mol. The van der Waals surface area contributed by atoms with Gasteiger partial charge in [0.05, 0.1) is 10.6 Å². The minimum absolute atomic E-state index is 0.218. The zero-order valence-electron chi connectivity index (χ0n) is 15.0. The number of rotatable bonds is 5. The summed E-state index contributed by atoms with van der Waals surface area (Å²) in [6.07, 6.45) is 1.58. The van der Waals surface area contributed by atoms with Crippen LogP contribution in [-0.2, 0) is 0 Å². The van der Waals surface area contributed by atoms with Crippen molar-refractivity contribution in [2.75, 3.05) is 23.0 Å². The summed E-state index contributed by atoms with van der Waals surface area (Å²) in [6, 6.07) is 8.57. The molecule has 0 saturated carbocycles. The minimum Gasteiger partial charge on any atom is -0.373 e. The van der Waals surface area contributed by atoms with E-state index >= 15 is 0 Å². The van der Waals surface area contributed by atoms with Gasteiger partial charge in [-0.25, -0.2) is 15.0 Å². The Morgan fingerprint density at radius 1 is 1.00 bits per heavy atom. The van der Waals surface area contributed by atoms with Crippen LogP contribution in [0.4, 0.5) is 23.4 Å². The summed E-state index contributed by atoms with van der Waals surface area (Å²) in [5.74, 6) is 0.911. The molecule has 0 aliphatic rings. The van der Waals surface area contributed by atoms with Crippen molar-refractivity contribution in [1.82, 2.24) is 19.9 Å². The van der Waals surface area contributed by atoms with E-state index in [0.29, 0.717) is 22.5 Å². The molecule has 27 heavy (non-hydrogen) atoms. The van der Waals surface area contributed by atoms with Crippen molar-refractivity contribution in [2.45, 2.75) is 13.8 Å². The predicted octanol–water partition coefficient (Wildman–Crippen LogP) is 3.57. The SMILES string of the molecule is CNc1cc(C)nc(Nc2ccc(Cl)c(C(=O)Nc3nccc(C)n3)c2)n1. The van der Waals surface area contributed by atoms with E-state index in [2.05, 4.69) is 35.9 Å². The van der Waals surface area contributed by atoms with E-state index < -0.39 is 5.91 Å². The maximum Gasteiger partial charge on any atom is 0.259 e. The van der Waals surface area contributed by atoms with Gasteiger partial charge in [-0.1, -0.05) is 11.6 Å². The Morgan fingerprint density at radius 2 is 1.78 bits per heavy atom. The summed E-state index contributed by atoms with van der Waals surface area (Å²) >= 11 is 6.19. The van der Waals surface area contributed by atoms with E-state index in [1.165, 1.54) is 0 Å². The van der Waals surface area contributed by atoms with E-state index in [1.54, 1.807) is 37.5 Å². The van der Waals surface area contributed by atoms with Gasteiger partial charge in [-0.05, 0) is 38.1 Å². The fourth-order valence-corrected chi connectivity index (χ4v) is 2.54. The number of aryl methyl sites for hydroxylation is 2. The maximum absolute atomic E-state index is 12.6. The number of nitrogens with zero attached hydrogens (tertiary/aromatic N) is 4. The molecule has 0 fully saturated rings. The van der Waals surface area contributed by atoms with Gasteiger partial charge in [0.25, 0.3) is 5.91 Å². The van der Waals surface area contributed by atoms with Crippen LogP contribution in [-0.4, -0.2) is 32.9 Å². The Hall–Kier alpha value is -3.26. The quantitative estimate of drug-likeness (QED) is 0.618. The number of aromatic nitrogens is 4. The summed E-state index contributed by atoms with van der Waals surface area (Å²) in [5.41, 5.74) is 2.47. The number of halogens is 1. The Morgan fingerprint density at radius 3 is 2.52 bits per heavy atom. The lowest BCUT2D eigenvalue weighted by molar-refractivity contribution is 0.102. The first-order valence-electron chi connectivity index (χ1n) is 8.15. The molecule has 0 atom stereocenters. The molecular formula is C18H18ClN7O. The first kappa shape index (κ1) is 18.5. The standard InChI is InChI=1S/C18H18ClN7O/c1-10-6-7-21-17(22-10)26-16(27)13-9-12(4-5-14(13)19)24-18-23-11(2)8-15(20-3)25-18/h4-9H,1-3H3,(H2,20,23,24,25)(H,21,22,26,27). The molecule has 3 aromatic rings. The van der Waals surface area contributed by atoms with Crippen LogP contribution in [0.5, 0.6) is 0 Å². The number of benzene rings is 1. The van der Waals surface area contributed by atoms with E-state index in [9.17, 15) is 4.79 Å². The molecule has 1 aromatic carbocycles. The molecule has 2 aromatic heterocycles. The molecule has 9 heteroatoms. The lowest BCUT2D eigenvalue weighted by Crippen LogP contribution is -2.15. The number of hydrogen-bond donors (Lipinski definition) is 3. The molecule has 0 saturated heterocycles. The number of carbonyl (C=O) groups excluding carboxylic acids is 1. The van der Waals surface area contributed by atoms with Crippen LogP contribution in [0.2, 0.25) is 5.02 Å². The average Bonchev–Trinajstić information content (AvgIpc) is 2.62. The fourth-order valence-electron chi connectivity index (χ4n) is 2.34. The van der Waals surface area contributed by atoms with Gasteiger partial charge in [-0.3, -0.25) is 10.1 Å². The zero-order chi connectivity index (χ0) is 19.4. The number of amides is 1. The third kappa shape index (κ3) is 4.68. The first-order chi connectivity index (χ1) is 12.9. The van der Waals surface area contributed by atoms with Gasteiger partial charge in [0.15, 0.2) is 0 Å². The molecule has 3 N–H and O–H groups in total. The molecule has 0 aliphatic carbocycles. The maximum atomic E-state index is 12.6. The molecule has 0 radical (unpaired) electrons. The van der Waals surface area contributed by atoms with Gasteiger partial charge < -0.3 is 10.6 Å². The highest BCUT2D eigenvalue weighted by atomic mass is 35.5. The third-order valence-corrected chi connectivity index (χ3v) is 3.93. The first-order valence-corrected chi connectivity index (χ1v) is 8.53. The van der Waals surface area contributed by atoms with Crippen LogP contribution < -0.4 is 16.0 Å². The highest BCUT2D eigenvalue weighted by molar-refractivity contribution is 6.34. The molecule has 8 nitrogen and oxygen atoms in total. The molecule has 0 spiro atoms.